The van der Waals surface area contributed by atoms with Crippen LogP contribution in [0.1, 0.15) is 30.9 Å². The molecular formula is C13H20N4. The van der Waals surface area contributed by atoms with Crippen LogP contribution < -0.4 is 5.32 Å². The first-order valence-corrected chi connectivity index (χ1v) is 6.21. The summed E-state index contributed by atoms with van der Waals surface area (Å²) in [6, 6.07) is 0. The third-order valence-corrected chi connectivity index (χ3v) is 3.05. The Morgan fingerprint density at radius 1 is 1.29 bits per heavy atom. The molecule has 1 N–H and O–H groups in total. The molecule has 0 saturated carbocycles. The van der Waals surface area contributed by atoms with Crippen molar-refractivity contribution in [2.75, 3.05) is 7.05 Å². The summed E-state index contributed by atoms with van der Waals surface area (Å²) >= 11 is 0. The molecule has 0 fully saturated rings. The van der Waals surface area contributed by atoms with Gasteiger partial charge in [0.05, 0.1) is 5.69 Å². The Labute approximate surface area is 102 Å². The molecule has 0 saturated heterocycles. The van der Waals surface area contributed by atoms with E-state index in [1.165, 1.54) is 10.9 Å². The maximum atomic E-state index is 4.65. The van der Waals surface area contributed by atoms with Gasteiger partial charge >= 0.3 is 0 Å². The molecule has 0 amide bonds. The summed E-state index contributed by atoms with van der Waals surface area (Å²) in [5.74, 6) is 0.929. The van der Waals surface area contributed by atoms with Gasteiger partial charge in [0.25, 0.3) is 0 Å². The quantitative estimate of drug-likeness (QED) is 0.877. The van der Waals surface area contributed by atoms with Crippen molar-refractivity contribution in [3.05, 3.63) is 23.3 Å². The number of hydrogen-bond donors (Lipinski definition) is 1. The zero-order valence-corrected chi connectivity index (χ0v) is 11.0. The number of nitrogens with one attached hydrogen (secondary N) is 1. The summed E-state index contributed by atoms with van der Waals surface area (Å²) in [6.07, 6.45) is 3.06. The maximum Gasteiger partial charge on any atom is 0.144 e. The van der Waals surface area contributed by atoms with Crippen molar-refractivity contribution in [2.45, 2.75) is 40.3 Å². The molecule has 2 rings (SSSR count). The summed E-state index contributed by atoms with van der Waals surface area (Å²) in [6.45, 7) is 8.11. The maximum absolute atomic E-state index is 4.65. The van der Waals surface area contributed by atoms with E-state index >= 15 is 0 Å². The van der Waals surface area contributed by atoms with E-state index in [-0.39, 0.29) is 0 Å². The van der Waals surface area contributed by atoms with E-state index in [1.54, 1.807) is 0 Å². The van der Waals surface area contributed by atoms with Gasteiger partial charge in [0.2, 0.25) is 0 Å². The number of rotatable bonds is 4. The fourth-order valence-electron chi connectivity index (χ4n) is 2.24. The van der Waals surface area contributed by atoms with Gasteiger partial charge in [-0.25, -0.2) is 9.97 Å². The zero-order chi connectivity index (χ0) is 12.4. The first-order chi connectivity index (χ1) is 8.21. The van der Waals surface area contributed by atoms with Crippen LogP contribution in [0.3, 0.4) is 0 Å². The SMILES string of the molecule is CCc1nc(C)c2c(CNC)cn(CC)c2n1. The standard InChI is InChI=1S/C13H20N4/c1-5-11-15-9(3)12-10(7-14-4)8-17(6-2)13(12)16-11/h8,14H,5-7H2,1-4H3. The van der Waals surface area contributed by atoms with E-state index in [0.29, 0.717) is 0 Å². The number of hydrogen-bond acceptors (Lipinski definition) is 3. The summed E-state index contributed by atoms with van der Waals surface area (Å²) in [5, 5.41) is 4.41. The Balaban J connectivity index is 2.71. The minimum absolute atomic E-state index is 0.860. The van der Waals surface area contributed by atoms with Gasteiger partial charge < -0.3 is 9.88 Å². The second-order valence-corrected chi connectivity index (χ2v) is 4.25. The first kappa shape index (κ1) is 12.0. The van der Waals surface area contributed by atoms with Crippen LogP contribution in [-0.2, 0) is 19.5 Å². The Hall–Kier alpha value is -1.42. The molecule has 0 aliphatic rings. The zero-order valence-electron chi connectivity index (χ0n) is 11.0. The van der Waals surface area contributed by atoms with Crippen LogP contribution in [0.4, 0.5) is 0 Å². The predicted octanol–water partition coefficient (Wildman–Crippen LogP) is 2.04. The molecule has 0 atom stereocenters. The minimum atomic E-state index is 0.860. The van der Waals surface area contributed by atoms with E-state index in [9.17, 15) is 0 Å². The third-order valence-electron chi connectivity index (χ3n) is 3.05. The van der Waals surface area contributed by atoms with Gasteiger partial charge in [-0.1, -0.05) is 6.92 Å². The molecule has 4 nitrogen and oxygen atoms in total. The van der Waals surface area contributed by atoms with Gasteiger partial charge in [-0.05, 0) is 26.5 Å². The lowest BCUT2D eigenvalue weighted by Gasteiger charge is -2.04. The molecule has 0 aromatic carbocycles. The lowest BCUT2D eigenvalue weighted by molar-refractivity contribution is 0.765. The number of aryl methyl sites for hydroxylation is 3. The predicted molar refractivity (Wildman–Crippen MR) is 70.1 cm³/mol. The van der Waals surface area contributed by atoms with Crippen LogP contribution in [0.5, 0.6) is 0 Å². The lowest BCUT2D eigenvalue weighted by atomic mass is 10.2. The average molecular weight is 232 g/mol. The van der Waals surface area contributed by atoms with E-state index in [1.807, 2.05) is 7.05 Å². The van der Waals surface area contributed by atoms with E-state index in [0.717, 1.165) is 36.7 Å². The largest absolute Gasteiger partial charge is 0.332 e. The molecular weight excluding hydrogens is 212 g/mol. The van der Waals surface area contributed by atoms with E-state index in [4.69, 9.17) is 0 Å². The van der Waals surface area contributed by atoms with E-state index in [2.05, 4.69) is 46.8 Å². The third kappa shape index (κ3) is 2.05. The van der Waals surface area contributed by atoms with Crippen molar-refractivity contribution in [3.63, 3.8) is 0 Å². The first-order valence-electron chi connectivity index (χ1n) is 6.21. The van der Waals surface area contributed by atoms with Crippen molar-refractivity contribution in [1.29, 1.82) is 0 Å². The Morgan fingerprint density at radius 3 is 2.65 bits per heavy atom. The van der Waals surface area contributed by atoms with Crippen molar-refractivity contribution in [1.82, 2.24) is 19.9 Å². The van der Waals surface area contributed by atoms with Crippen LogP contribution in [0.15, 0.2) is 6.20 Å². The highest BCUT2D eigenvalue weighted by Crippen LogP contribution is 2.22. The highest BCUT2D eigenvalue weighted by Gasteiger charge is 2.13. The minimum Gasteiger partial charge on any atom is -0.332 e. The van der Waals surface area contributed by atoms with Gasteiger partial charge in [-0.2, -0.15) is 0 Å². The molecule has 0 unspecified atom stereocenters. The molecule has 92 valence electrons. The monoisotopic (exact) mass is 232 g/mol. The topological polar surface area (TPSA) is 42.7 Å². The molecule has 0 bridgehead atoms. The molecule has 2 aromatic heterocycles. The Kier molecular flexibility index (Phi) is 3.43. The highest BCUT2D eigenvalue weighted by atomic mass is 15.1. The number of fused-ring (bicyclic) bond motifs is 1. The molecule has 0 aliphatic carbocycles. The normalized spacial score (nSPS) is 11.3. The van der Waals surface area contributed by atoms with Crippen molar-refractivity contribution in [2.24, 2.45) is 0 Å². The summed E-state index contributed by atoms with van der Waals surface area (Å²) in [4.78, 5) is 9.21. The molecule has 0 spiro atoms. The smallest absolute Gasteiger partial charge is 0.144 e. The Morgan fingerprint density at radius 2 is 2.06 bits per heavy atom. The molecule has 2 heterocycles. The van der Waals surface area contributed by atoms with Crippen LogP contribution in [0, 0.1) is 6.92 Å². The van der Waals surface area contributed by atoms with Gasteiger partial charge in [0, 0.05) is 31.1 Å². The van der Waals surface area contributed by atoms with Crippen LogP contribution >= 0.6 is 0 Å². The molecule has 0 radical (unpaired) electrons. The van der Waals surface area contributed by atoms with Crippen LogP contribution in [0.25, 0.3) is 11.0 Å². The van der Waals surface area contributed by atoms with Gasteiger partial charge in [-0.3, -0.25) is 0 Å². The molecule has 2 aromatic rings. The van der Waals surface area contributed by atoms with Gasteiger partial charge in [0.1, 0.15) is 11.5 Å². The van der Waals surface area contributed by atoms with Crippen molar-refractivity contribution in [3.8, 4) is 0 Å². The summed E-state index contributed by atoms with van der Waals surface area (Å²) < 4.78 is 2.20. The fourth-order valence-corrected chi connectivity index (χ4v) is 2.24. The van der Waals surface area contributed by atoms with Crippen molar-refractivity contribution >= 4 is 11.0 Å². The summed E-state index contributed by atoms with van der Waals surface area (Å²) in [7, 11) is 1.96. The lowest BCUT2D eigenvalue weighted by Crippen LogP contribution is -2.05. The van der Waals surface area contributed by atoms with Crippen LogP contribution in [0.2, 0.25) is 0 Å². The summed E-state index contributed by atoms with van der Waals surface area (Å²) in [5.41, 5.74) is 3.44. The molecule has 17 heavy (non-hydrogen) atoms. The van der Waals surface area contributed by atoms with E-state index < -0.39 is 0 Å². The van der Waals surface area contributed by atoms with Gasteiger partial charge in [0.15, 0.2) is 0 Å². The fraction of sp³-hybridized carbons (Fsp3) is 0.538. The van der Waals surface area contributed by atoms with Gasteiger partial charge in [-0.15, -0.1) is 0 Å². The second-order valence-electron chi connectivity index (χ2n) is 4.25. The second kappa shape index (κ2) is 4.84. The molecule has 4 heteroatoms. The Bertz CT molecular complexity index is 528. The molecule has 0 aliphatic heterocycles. The highest BCUT2D eigenvalue weighted by molar-refractivity contribution is 5.82. The van der Waals surface area contributed by atoms with Crippen LogP contribution in [-0.4, -0.2) is 21.6 Å². The number of aromatic nitrogens is 3. The average Bonchev–Trinajstić information content (AvgIpc) is 2.68. The van der Waals surface area contributed by atoms with Crippen molar-refractivity contribution < 1.29 is 0 Å². The number of nitrogens with zero attached hydrogens (tertiary/aromatic N) is 3.